The number of alkyl halides is 2. The Balaban J connectivity index is 1.99. The molecule has 0 spiro atoms. The van der Waals surface area contributed by atoms with Crippen LogP contribution < -0.4 is 10.6 Å². The normalized spacial score (nSPS) is 21.9. The van der Waals surface area contributed by atoms with Gasteiger partial charge in [-0.25, -0.2) is 13.2 Å². The number of carbonyl (C=O) groups excluding carboxylic acids is 1. The first kappa shape index (κ1) is 17.6. The Kier molecular flexibility index (Phi) is 5.53. The monoisotopic (exact) mass is 348 g/mol. The average molecular weight is 348 g/mol. The molecule has 1 aliphatic carbocycles. The van der Waals surface area contributed by atoms with Crippen molar-refractivity contribution in [2.75, 3.05) is 5.32 Å². The minimum atomic E-state index is -4.70. The highest BCUT2D eigenvalue weighted by Crippen LogP contribution is 2.22. The predicted molar refractivity (Wildman–Crippen MR) is 80.0 cm³/mol. The van der Waals surface area contributed by atoms with Gasteiger partial charge in [-0.3, -0.25) is 0 Å². The van der Waals surface area contributed by atoms with Crippen molar-refractivity contribution in [3.63, 3.8) is 0 Å². The van der Waals surface area contributed by atoms with Crippen molar-refractivity contribution in [1.29, 1.82) is 0 Å². The zero-order valence-electron chi connectivity index (χ0n) is 12.2. The summed E-state index contributed by atoms with van der Waals surface area (Å²) in [5.41, 5.74) is 0.111. The molecule has 0 heterocycles. The van der Waals surface area contributed by atoms with Crippen molar-refractivity contribution in [2.24, 2.45) is 0 Å². The Morgan fingerprint density at radius 2 is 1.87 bits per heavy atom. The SMILES string of the molecule is O=C(Nc1cccc(S(=O)(=O)C(F)F)c1)NC1CCC(O)CC1. The highest BCUT2D eigenvalue weighted by atomic mass is 32.2. The summed E-state index contributed by atoms with van der Waals surface area (Å²) in [7, 11) is -4.70. The van der Waals surface area contributed by atoms with E-state index >= 15 is 0 Å². The number of aliphatic hydroxyl groups excluding tert-OH is 1. The smallest absolute Gasteiger partial charge is 0.341 e. The minimum Gasteiger partial charge on any atom is -0.393 e. The number of halogens is 2. The van der Waals surface area contributed by atoms with E-state index in [-0.39, 0.29) is 17.8 Å². The predicted octanol–water partition coefficient (Wildman–Crippen LogP) is 2.11. The van der Waals surface area contributed by atoms with Gasteiger partial charge in [0.15, 0.2) is 0 Å². The number of carbonyl (C=O) groups is 1. The molecule has 1 aromatic carbocycles. The molecular formula is C14H18F2N2O4S. The van der Waals surface area contributed by atoms with Gasteiger partial charge in [0.2, 0.25) is 9.84 Å². The van der Waals surface area contributed by atoms with Gasteiger partial charge in [0, 0.05) is 11.7 Å². The van der Waals surface area contributed by atoms with Gasteiger partial charge in [0.25, 0.3) is 0 Å². The maximum absolute atomic E-state index is 12.5. The number of anilines is 1. The summed E-state index contributed by atoms with van der Waals surface area (Å²) in [4.78, 5) is 11.3. The lowest BCUT2D eigenvalue weighted by atomic mass is 9.93. The molecule has 0 aromatic heterocycles. The summed E-state index contributed by atoms with van der Waals surface area (Å²) in [6.07, 6.45) is 2.16. The maximum Gasteiger partial charge on any atom is 0.341 e. The molecule has 0 unspecified atom stereocenters. The van der Waals surface area contributed by atoms with E-state index in [1.807, 2.05) is 0 Å². The van der Waals surface area contributed by atoms with Crippen LogP contribution in [-0.2, 0) is 9.84 Å². The third-order valence-electron chi connectivity index (χ3n) is 3.69. The lowest BCUT2D eigenvalue weighted by Gasteiger charge is -2.26. The lowest BCUT2D eigenvalue weighted by molar-refractivity contribution is 0.118. The van der Waals surface area contributed by atoms with Crippen LogP contribution in [0.2, 0.25) is 0 Å². The molecule has 3 N–H and O–H groups in total. The van der Waals surface area contributed by atoms with Crippen molar-refractivity contribution >= 4 is 21.6 Å². The number of hydrogen-bond donors (Lipinski definition) is 3. The molecule has 1 saturated carbocycles. The van der Waals surface area contributed by atoms with Crippen LogP contribution in [0.4, 0.5) is 19.3 Å². The fourth-order valence-corrected chi connectivity index (χ4v) is 3.19. The second-order valence-corrected chi connectivity index (χ2v) is 7.36. The summed E-state index contributed by atoms with van der Waals surface area (Å²) >= 11 is 0. The average Bonchev–Trinajstić information content (AvgIpc) is 2.49. The number of nitrogens with one attached hydrogen (secondary N) is 2. The second kappa shape index (κ2) is 7.22. The van der Waals surface area contributed by atoms with Crippen LogP contribution in [-0.4, -0.2) is 37.5 Å². The highest BCUT2D eigenvalue weighted by Gasteiger charge is 2.27. The molecule has 6 nitrogen and oxygen atoms in total. The van der Waals surface area contributed by atoms with Crippen LogP contribution in [0, 0.1) is 0 Å². The van der Waals surface area contributed by atoms with Gasteiger partial charge in [-0.05, 0) is 43.9 Å². The Labute approximate surface area is 132 Å². The van der Waals surface area contributed by atoms with Gasteiger partial charge >= 0.3 is 11.8 Å². The van der Waals surface area contributed by atoms with Crippen molar-refractivity contribution in [1.82, 2.24) is 5.32 Å². The molecule has 9 heteroatoms. The van der Waals surface area contributed by atoms with Gasteiger partial charge in [-0.15, -0.1) is 0 Å². The molecule has 1 fully saturated rings. The third-order valence-corrected chi connectivity index (χ3v) is 5.07. The van der Waals surface area contributed by atoms with Gasteiger partial charge in [-0.2, -0.15) is 8.78 Å². The molecular weight excluding hydrogens is 330 g/mol. The topological polar surface area (TPSA) is 95.5 Å². The van der Waals surface area contributed by atoms with Gasteiger partial charge in [0.05, 0.1) is 11.0 Å². The van der Waals surface area contributed by atoms with Crippen LogP contribution in [0.25, 0.3) is 0 Å². The van der Waals surface area contributed by atoms with Crippen molar-refractivity contribution in [2.45, 2.75) is 48.5 Å². The Morgan fingerprint density at radius 3 is 2.48 bits per heavy atom. The van der Waals surface area contributed by atoms with E-state index in [4.69, 9.17) is 0 Å². The molecule has 23 heavy (non-hydrogen) atoms. The molecule has 0 atom stereocenters. The summed E-state index contributed by atoms with van der Waals surface area (Å²) in [5, 5.41) is 14.5. The number of rotatable bonds is 4. The van der Waals surface area contributed by atoms with Gasteiger partial charge < -0.3 is 15.7 Å². The molecule has 0 saturated heterocycles. The molecule has 1 aliphatic rings. The zero-order valence-corrected chi connectivity index (χ0v) is 13.0. The number of aliphatic hydroxyl groups is 1. The molecule has 0 bridgehead atoms. The summed E-state index contributed by atoms with van der Waals surface area (Å²) in [6.45, 7) is 0. The van der Waals surface area contributed by atoms with E-state index in [9.17, 15) is 27.1 Å². The van der Waals surface area contributed by atoms with Crippen molar-refractivity contribution in [3.8, 4) is 0 Å². The van der Waals surface area contributed by atoms with Gasteiger partial charge in [-0.1, -0.05) is 6.07 Å². The molecule has 2 amide bonds. The fourth-order valence-electron chi connectivity index (χ4n) is 2.43. The summed E-state index contributed by atoms with van der Waals surface area (Å²) < 4.78 is 47.9. The minimum absolute atomic E-state index is 0.0774. The lowest BCUT2D eigenvalue weighted by Crippen LogP contribution is -2.40. The zero-order chi connectivity index (χ0) is 17.0. The number of amides is 2. The van der Waals surface area contributed by atoms with Crippen LogP contribution in [0.5, 0.6) is 0 Å². The maximum atomic E-state index is 12.5. The summed E-state index contributed by atoms with van der Waals surface area (Å²) in [6, 6.07) is 4.11. The van der Waals surface area contributed by atoms with Crippen LogP contribution >= 0.6 is 0 Å². The largest absolute Gasteiger partial charge is 0.393 e. The fraction of sp³-hybridized carbons (Fsp3) is 0.500. The molecule has 1 aromatic rings. The molecule has 0 aliphatic heterocycles. The Hall–Kier alpha value is -1.74. The number of hydrogen-bond acceptors (Lipinski definition) is 4. The van der Waals surface area contributed by atoms with Crippen LogP contribution in [0.3, 0.4) is 0 Å². The van der Waals surface area contributed by atoms with E-state index in [1.165, 1.54) is 12.1 Å². The van der Waals surface area contributed by atoms with E-state index in [0.29, 0.717) is 25.7 Å². The molecule has 0 radical (unpaired) electrons. The second-order valence-electron chi connectivity index (χ2n) is 5.44. The number of benzene rings is 1. The quantitative estimate of drug-likeness (QED) is 0.776. The van der Waals surface area contributed by atoms with Gasteiger partial charge in [0.1, 0.15) is 0 Å². The van der Waals surface area contributed by atoms with Crippen LogP contribution in [0.15, 0.2) is 29.2 Å². The number of sulfone groups is 1. The van der Waals surface area contributed by atoms with Crippen molar-refractivity contribution < 1.29 is 27.1 Å². The number of urea groups is 1. The standard InChI is InChI=1S/C14H18F2N2O4S/c15-13(16)23(21,22)12-3-1-2-10(8-12)18-14(20)17-9-4-6-11(19)7-5-9/h1-3,8-9,11,13,19H,4-7H2,(H2,17,18,20). The van der Waals surface area contributed by atoms with E-state index in [2.05, 4.69) is 10.6 Å². The first-order valence-corrected chi connectivity index (χ1v) is 8.71. The first-order chi connectivity index (χ1) is 10.8. The van der Waals surface area contributed by atoms with E-state index in [1.54, 1.807) is 0 Å². The van der Waals surface area contributed by atoms with Crippen LogP contribution in [0.1, 0.15) is 25.7 Å². The first-order valence-electron chi connectivity index (χ1n) is 7.16. The third kappa shape index (κ3) is 4.61. The van der Waals surface area contributed by atoms with Crippen molar-refractivity contribution in [3.05, 3.63) is 24.3 Å². The Bertz CT molecular complexity index is 658. The Morgan fingerprint density at radius 1 is 1.22 bits per heavy atom. The summed E-state index contributed by atoms with van der Waals surface area (Å²) in [5.74, 6) is -3.51. The van der Waals surface area contributed by atoms with E-state index < -0.39 is 26.5 Å². The molecule has 128 valence electrons. The highest BCUT2D eigenvalue weighted by molar-refractivity contribution is 7.91. The van der Waals surface area contributed by atoms with E-state index in [0.717, 1.165) is 12.1 Å². The molecule has 2 rings (SSSR count).